The van der Waals surface area contributed by atoms with E-state index >= 15 is 0 Å². The fourth-order valence-corrected chi connectivity index (χ4v) is 0.845. The maximum absolute atomic E-state index is 8.65. The highest BCUT2D eigenvalue weighted by molar-refractivity contribution is 5.78. The zero-order valence-electron chi connectivity index (χ0n) is 8.75. The number of aliphatic hydroxyl groups is 1. The number of hydrogen-bond donors (Lipinski definition) is 3. The molecule has 0 spiro atoms. The van der Waals surface area contributed by atoms with Gasteiger partial charge in [-0.25, -0.2) is 0 Å². The van der Waals surface area contributed by atoms with Crippen LogP contribution in [0.15, 0.2) is 4.99 Å². The average molecular weight is 187 g/mol. The van der Waals surface area contributed by atoms with Crippen LogP contribution in [0.2, 0.25) is 0 Å². The Morgan fingerprint density at radius 3 is 2.54 bits per heavy atom. The van der Waals surface area contributed by atoms with Crippen LogP contribution in [-0.4, -0.2) is 30.3 Å². The number of rotatable bonds is 5. The van der Waals surface area contributed by atoms with Crippen LogP contribution >= 0.6 is 0 Å². The van der Waals surface area contributed by atoms with E-state index in [-0.39, 0.29) is 12.6 Å². The van der Waals surface area contributed by atoms with Gasteiger partial charge in [0.1, 0.15) is 0 Å². The zero-order valence-corrected chi connectivity index (χ0v) is 8.75. The third-order valence-corrected chi connectivity index (χ3v) is 1.58. The Hall–Kier alpha value is -0.770. The molecule has 0 radical (unpaired) electrons. The molecular formula is C9H21N3O. The SMILES string of the molecule is CC(C)CN=C(N)NC(C)CCO. The molecule has 0 saturated heterocycles. The summed E-state index contributed by atoms with van der Waals surface area (Å²) in [4.78, 5) is 4.15. The van der Waals surface area contributed by atoms with Crippen LogP contribution in [0.3, 0.4) is 0 Å². The smallest absolute Gasteiger partial charge is 0.188 e. The third kappa shape index (κ3) is 7.59. The molecule has 0 aromatic carbocycles. The second-order valence-electron chi connectivity index (χ2n) is 3.68. The van der Waals surface area contributed by atoms with E-state index in [4.69, 9.17) is 10.8 Å². The highest BCUT2D eigenvalue weighted by Crippen LogP contribution is 1.92. The highest BCUT2D eigenvalue weighted by Gasteiger charge is 2.01. The first kappa shape index (κ1) is 12.2. The van der Waals surface area contributed by atoms with Crippen LogP contribution in [0.4, 0.5) is 0 Å². The summed E-state index contributed by atoms with van der Waals surface area (Å²) in [6.07, 6.45) is 0.692. The predicted molar refractivity (Wildman–Crippen MR) is 55.6 cm³/mol. The summed E-state index contributed by atoms with van der Waals surface area (Å²) in [5, 5.41) is 11.7. The van der Waals surface area contributed by atoms with Crippen molar-refractivity contribution in [1.82, 2.24) is 5.32 Å². The number of hydrogen-bond acceptors (Lipinski definition) is 2. The van der Waals surface area contributed by atoms with Crippen LogP contribution in [0.5, 0.6) is 0 Å². The van der Waals surface area contributed by atoms with Gasteiger partial charge in [0, 0.05) is 19.2 Å². The molecule has 0 aliphatic heterocycles. The molecule has 0 aromatic heterocycles. The van der Waals surface area contributed by atoms with E-state index in [0.29, 0.717) is 18.3 Å². The van der Waals surface area contributed by atoms with Gasteiger partial charge in [-0.15, -0.1) is 0 Å². The lowest BCUT2D eigenvalue weighted by molar-refractivity contribution is 0.275. The van der Waals surface area contributed by atoms with Gasteiger partial charge in [-0.2, -0.15) is 0 Å². The van der Waals surface area contributed by atoms with Crippen LogP contribution < -0.4 is 11.1 Å². The summed E-state index contributed by atoms with van der Waals surface area (Å²) in [7, 11) is 0. The normalized spacial score (nSPS) is 14.7. The lowest BCUT2D eigenvalue weighted by atomic mass is 10.2. The largest absolute Gasteiger partial charge is 0.396 e. The lowest BCUT2D eigenvalue weighted by Gasteiger charge is -2.13. The minimum Gasteiger partial charge on any atom is -0.396 e. The minimum atomic E-state index is 0.172. The van der Waals surface area contributed by atoms with Gasteiger partial charge in [0.25, 0.3) is 0 Å². The first-order valence-corrected chi connectivity index (χ1v) is 4.73. The molecule has 0 saturated carbocycles. The van der Waals surface area contributed by atoms with E-state index in [1.165, 1.54) is 0 Å². The Bertz CT molecular complexity index is 157. The van der Waals surface area contributed by atoms with Crippen molar-refractivity contribution in [3.63, 3.8) is 0 Å². The summed E-state index contributed by atoms with van der Waals surface area (Å²) in [5.41, 5.74) is 5.61. The lowest BCUT2D eigenvalue weighted by Crippen LogP contribution is -2.39. The monoisotopic (exact) mass is 187 g/mol. The summed E-state index contributed by atoms with van der Waals surface area (Å²) >= 11 is 0. The number of nitrogens with zero attached hydrogens (tertiary/aromatic N) is 1. The number of nitrogens with one attached hydrogen (secondary N) is 1. The molecule has 4 nitrogen and oxygen atoms in total. The Balaban J connectivity index is 3.70. The number of aliphatic hydroxyl groups excluding tert-OH is 1. The Kier molecular flexibility index (Phi) is 6.32. The quantitative estimate of drug-likeness (QED) is 0.429. The van der Waals surface area contributed by atoms with Gasteiger partial charge in [0.15, 0.2) is 5.96 Å². The Morgan fingerprint density at radius 1 is 1.46 bits per heavy atom. The van der Waals surface area contributed by atoms with Gasteiger partial charge in [-0.1, -0.05) is 13.8 Å². The standard InChI is InChI=1S/C9H21N3O/c1-7(2)6-11-9(10)12-8(3)4-5-13/h7-8,13H,4-6H2,1-3H3,(H3,10,11,12). The van der Waals surface area contributed by atoms with Gasteiger partial charge < -0.3 is 16.2 Å². The first-order valence-electron chi connectivity index (χ1n) is 4.73. The fraction of sp³-hybridized carbons (Fsp3) is 0.889. The van der Waals surface area contributed by atoms with Crippen molar-refractivity contribution in [3.8, 4) is 0 Å². The van der Waals surface area contributed by atoms with Crippen molar-refractivity contribution in [2.75, 3.05) is 13.2 Å². The highest BCUT2D eigenvalue weighted by atomic mass is 16.3. The third-order valence-electron chi connectivity index (χ3n) is 1.58. The molecule has 1 atom stereocenters. The van der Waals surface area contributed by atoms with E-state index in [9.17, 15) is 0 Å². The second kappa shape index (κ2) is 6.71. The molecule has 78 valence electrons. The zero-order chi connectivity index (χ0) is 10.3. The molecule has 0 aliphatic rings. The average Bonchev–Trinajstić information content (AvgIpc) is 2.01. The van der Waals surface area contributed by atoms with Gasteiger partial charge in [-0.05, 0) is 19.3 Å². The summed E-state index contributed by atoms with van der Waals surface area (Å²) in [6, 6.07) is 0.181. The van der Waals surface area contributed by atoms with Gasteiger partial charge in [0.05, 0.1) is 0 Å². The molecule has 0 heterocycles. The van der Waals surface area contributed by atoms with Crippen LogP contribution in [0.25, 0.3) is 0 Å². The Labute approximate surface area is 80.2 Å². The molecule has 4 heteroatoms. The summed E-state index contributed by atoms with van der Waals surface area (Å²) < 4.78 is 0. The molecule has 4 N–H and O–H groups in total. The van der Waals surface area contributed by atoms with Crippen molar-refractivity contribution < 1.29 is 5.11 Å². The molecule has 0 rings (SSSR count). The van der Waals surface area contributed by atoms with Crippen LogP contribution in [0, 0.1) is 5.92 Å². The minimum absolute atomic E-state index is 0.172. The number of aliphatic imine (C=N–C) groups is 1. The van der Waals surface area contributed by atoms with E-state index in [2.05, 4.69) is 24.2 Å². The number of nitrogens with two attached hydrogens (primary N) is 1. The van der Waals surface area contributed by atoms with Crippen molar-refractivity contribution >= 4 is 5.96 Å². The summed E-state index contributed by atoms with van der Waals surface area (Å²) in [5.74, 6) is 0.989. The predicted octanol–water partition coefficient (Wildman–Crippen LogP) is 0.318. The molecule has 0 fully saturated rings. The molecule has 1 unspecified atom stereocenters. The van der Waals surface area contributed by atoms with Gasteiger partial charge in [-0.3, -0.25) is 4.99 Å². The Morgan fingerprint density at radius 2 is 2.08 bits per heavy atom. The van der Waals surface area contributed by atoms with Crippen molar-refractivity contribution in [1.29, 1.82) is 0 Å². The molecule has 0 aliphatic carbocycles. The maximum Gasteiger partial charge on any atom is 0.188 e. The molecule has 0 amide bonds. The van der Waals surface area contributed by atoms with Gasteiger partial charge >= 0.3 is 0 Å². The van der Waals surface area contributed by atoms with Crippen molar-refractivity contribution in [2.45, 2.75) is 33.2 Å². The topological polar surface area (TPSA) is 70.6 Å². The van der Waals surface area contributed by atoms with E-state index in [1.807, 2.05) is 6.92 Å². The second-order valence-corrected chi connectivity index (χ2v) is 3.68. The molecular weight excluding hydrogens is 166 g/mol. The van der Waals surface area contributed by atoms with E-state index < -0.39 is 0 Å². The molecule has 0 bridgehead atoms. The van der Waals surface area contributed by atoms with Crippen molar-refractivity contribution in [3.05, 3.63) is 0 Å². The van der Waals surface area contributed by atoms with Crippen LogP contribution in [0.1, 0.15) is 27.2 Å². The van der Waals surface area contributed by atoms with Crippen LogP contribution in [-0.2, 0) is 0 Å². The maximum atomic E-state index is 8.65. The first-order chi connectivity index (χ1) is 6.06. The molecule has 13 heavy (non-hydrogen) atoms. The number of guanidine groups is 1. The van der Waals surface area contributed by atoms with Crippen molar-refractivity contribution in [2.24, 2.45) is 16.6 Å². The molecule has 0 aromatic rings. The van der Waals surface area contributed by atoms with Gasteiger partial charge in [0.2, 0.25) is 0 Å². The fourth-order valence-electron chi connectivity index (χ4n) is 0.845. The van der Waals surface area contributed by atoms with E-state index in [1.54, 1.807) is 0 Å². The van der Waals surface area contributed by atoms with E-state index in [0.717, 1.165) is 6.54 Å². The summed E-state index contributed by atoms with van der Waals surface area (Å²) in [6.45, 7) is 7.06.